The minimum Gasteiger partial charge on any atom is -0.485 e. The van der Waals surface area contributed by atoms with Crippen LogP contribution in [0.3, 0.4) is 0 Å². The summed E-state index contributed by atoms with van der Waals surface area (Å²) in [6.45, 7) is 5.15. The molecule has 0 amide bonds. The molecule has 2 aliphatic heterocycles. The van der Waals surface area contributed by atoms with Crippen molar-refractivity contribution in [3.63, 3.8) is 0 Å². The Balaban J connectivity index is 0.00000161. The fraction of sp³-hybridized carbons (Fsp3) is 0.600. The molecular weight excluding hydrogens is 295 g/mol. The number of benzene rings is 1. The van der Waals surface area contributed by atoms with E-state index in [-0.39, 0.29) is 24.3 Å². The average molecular weight is 317 g/mol. The molecule has 0 spiro atoms. The van der Waals surface area contributed by atoms with Crippen LogP contribution in [0.4, 0.5) is 10.1 Å². The molecule has 0 bridgehead atoms. The van der Waals surface area contributed by atoms with Gasteiger partial charge < -0.3 is 19.7 Å². The van der Waals surface area contributed by atoms with Gasteiger partial charge in [-0.1, -0.05) is 0 Å². The zero-order valence-corrected chi connectivity index (χ0v) is 13.2. The zero-order valence-electron chi connectivity index (χ0n) is 12.4. The molecule has 3 rings (SSSR count). The summed E-state index contributed by atoms with van der Waals surface area (Å²) < 4.78 is 25.1. The third-order valence-electron chi connectivity index (χ3n) is 4.05. The van der Waals surface area contributed by atoms with Crippen molar-refractivity contribution in [2.45, 2.75) is 25.5 Å². The van der Waals surface area contributed by atoms with Crippen LogP contribution >= 0.6 is 12.4 Å². The van der Waals surface area contributed by atoms with Gasteiger partial charge in [-0.3, -0.25) is 0 Å². The second kappa shape index (κ2) is 6.81. The van der Waals surface area contributed by atoms with Gasteiger partial charge in [-0.05, 0) is 18.6 Å². The van der Waals surface area contributed by atoms with E-state index < -0.39 is 0 Å². The van der Waals surface area contributed by atoms with E-state index in [0.717, 1.165) is 43.1 Å². The van der Waals surface area contributed by atoms with Crippen molar-refractivity contribution in [1.29, 1.82) is 0 Å². The molecule has 0 saturated carbocycles. The number of rotatable bonds is 2. The highest BCUT2D eigenvalue weighted by Crippen LogP contribution is 2.38. The van der Waals surface area contributed by atoms with Crippen molar-refractivity contribution in [2.24, 2.45) is 0 Å². The number of halogens is 2. The standard InChI is InChI=1S/C15H21FN2O2.ClH/c1-10-5-11(16)6-14-15(10)20-13(9-19-2)7-12-8-17-3-4-18(12)14;/h5-6,12-13,17H,3-4,7-9H2,1-2H3;1H/t12-,13+;/m1./s1. The number of aryl methyl sites for hydroxylation is 1. The largest absolute Gasteiger partial charge is 0.485 e. The molecule has 2 heterocycles. The molecule has 1 fully saturated rings. The van der Waals surface area contributed by atoms with Crippen LogP contribution in [-0.2, 0) is 4.74 Å². The maximum Gasteiger partial charge on any atom is 0.146 e. The normalized spacial score (nSPS) is 24.2. The molecule has 0 unspecified atom stereocenters. The van der Waals surface area contributed by atoms with Gasteiger partial charge in [-0.25, -0.2) is 4.39 Å². The Morgan fingerprint density at radius 1 is 1.48 bits per heavy atom. The van der Waals surface area contributed by atoms with E-state index in [0.29, 0.717) is 12.6 Å². The van der Waals surface area contributed by atoms with Crippen LogP contribution in [-0.4, -0.2) is 45.5 Å². The summed E-state index contributed by atoms with van der Waals surface area (Å²) in [5.41, 5.74) is 1.73. The molecule has 118 valence electrons. The van der Waals surface area contributed by atoms with Crippen molar-refractivity contribution in [3.8, 4) is 5.75 Å². The van der Waals surface area contributed by atoms with Crippen LogP contribution in [0.2, 0.25) is 0 Å². The second-order valence-electron chi connectivity index (χ2n) is 5.55. The van der Waals surface area contributed by atoms with Crippen molar-refractivity contribution in [3.05, 3.63) is 23.5 Å². The maximum atomic E-state index is 13.8. The van der Waals surface area contributed by atoms with Crippen LogP contribution in [0.5, 0.6) is 5.75 Å². The van der Waals surface area contributed by atoms with Crippen LogP contribution in [0.25, 0.3) is 0 Å². The van der Waals surface area contributed by atoms with Gasteiger partial charge in [0.1, 0.15) is 17.7 Å². The Bertz CT molecular complexity index is 501. The van der Waals surface area contributed by atoms with E-state index in [1.165, 1.54) is 6.07 Å². The highest BCUT2D eigenvalue weighted by atomic mass is 35.5. The summed E-state index contributed by atoms with van der Waals surface area (Å²) in [5.74, 6) is 0.602. The van der Waals surface area contributed by atoms with E-state index in [1.807, 2.05) is 6.92 Å². The molecule has 1 saturated heterocycles. The summed E-state index contributed by atoms with van der Waals surface area (Å²) in [7, 11) is 1.68. The number of methoxy groups -OCH3 is 1. The Morgan fingerprint density at radius 3 is 3.05 bits per heavy atom. The summed E-state index contributed by atoms with van der Waals surface area (Å²) in [5, 5.41) is 3.40. The van der Waals surface area contributed by atoms with E-state index in [2.05, 4.69) is 10.2 Å². The fourth-order valence-corrected chi connectivity index (χ4v) is 3.17. The molecule has 0 radical (unpaired) electrons. The van der Waals surface area contributed by atoms with Gasteiger partial charge in [0.05, 0.1) is 12.3 Å². The van der Waals surface area contributed by atoms with E-state index >= 15 is 0 Å². The Kier molecular flexibility index (Phi) is 5.30. The Morgan fingerprint density at radius 2 is 2.29 bits per heavy atom. The van der Waals surface area contributed by atoms with Crippen molar-refractivity contribution in [2.75, 3.05) is 38.3 Å². The second-order valence-corrected chi connectivity index (χ2v) is 5.55. The molecule has 1 N–H and O–H groups in total. The topological polar surface area (TPSA) is 33.7 Å². The SMILES string of the molecule is COC[C@@H]1C[C@@H]2CNCCN2c2cc(F)cc(C)c2O1.Cl. The Labute approximate surface area is 131 Å². The molecular formula is C15H22ClFN2O2. The molecule has 2 aliphatic rings. The van der Waals surface area contributed by atoms with Crippen molar-refractivity contribution < 1.29 is 13.9 Å². The Hall–Kier alpha value is -1.04. The molecule has 1 aromatic carbocycles. The number of piperazine rings is 1. The first-order chi connectivity index (χ1) is 9.69. The zero-order chi connectivity index (χ0) is 14.1. The first kappa shape index (κ1) is 16.3. The lowest BCUT2D eigenvalue weighted by Crippen LogP contribution is -2.52. The van der Waals surface area contributed by atoms with E-state index in [1.54, 1.807) is 13.2 Å². The first-order valence-corrected chi connectivity index (χ1v) is 7.12. The molecule has 1 aromatic rings. The third-order valence-corrected chi connectivity index (χ3v) is 4.05. The average Bonchev–Trinajstić information content (AvgIpc) is 2.57. The van der Waals surface area contributed by atoms with Crippen LogP contribution < -0.4 is 15.0 Å². The molecule has 0 aliphatic carbocycles. The number of anilines is 1. The maximum absolute atomic E-state index is 13.8. The summed E-state index contributed by atoms with van der Waals surface area (Å²) >= 11 is 0. The number of ether oxygens (including phenoxy) is 2. The molecule has 4 nitrogen and oxygen atoms in total. The molecule has 0 aromatic heterocycles. The lowest BCUT2D eigenvalue weighted by Gasteiger charge is -2.37. The predicted octanol–water partition coefficient (Wildman–Crippen LogP) is 2.13. The molecule has 2 atom stereocenters. The summed E-state index contributed by atoms with van der Waals surface area (Å²) in [6, 6.07) is 3.45. The monoisotopic (exact) mass is 316 g/mol. The number of hydrogen-bond donors (Lipinski definition) is 1. The minimum atomic E-state index is -0.202. The molecule has 6 heteroatoms. The van der Waals surface area contributed by atoms with Crippen LogP contribution in [0, 0.1) is 12.7 Å². The highest BCUT2D eigenvalue weighted by Gasteiger charge is 2.33. The highest BCUT2D eigenvalue weighted by molar-refractivity contribution is 5.85. The fourth-order valence-electron chi connectivity index (χ4n) is 3.17. The number of fused-ring (bicyclic) bond motifs is 3. The summed E-state index contributed by atoms with van der Waals surface area (Å²) in [4.78, 5) is 2.28. The predicted molar refractivity (Wildman–Crippen MR) is 83.3 cm³/mol. The van der Waals surface area contributed by atoms with Crippen LogP contribution in [0.1, 0.15) is 12.0 Å². The number of nitrogens with zero attached hydrogens (tertiary/aromatic N) is 1. The molecule has 21 heavy (non-hydrogen) atoms. The van der Waals surface area contributed by atoms with Gasteiger partial charge >= 0.3 is 0 Å². The van der Waals surface area contributed by atoms with E-state index in [9.17, 15) is 4.39 Å². The van der Waals surface area contributed by atoms with Gasteiger partial charge in [0.15, 0.2) is 0 Å². The lowest BCUT2D eigenvalue weighted by atomic mass is 10.1. The van der Waals surface area contributed by atoms with Crippen molar-refractivity contribution in [1.82, 2.24) is 5.32 Å². The third kappa shape index (κ3) is 3.25. The van der Waals surface area contributed by atoms with Gasteiger partial charge in [0.25, 0.3) is 0 Å². The van der Waals surface area contributed by atoms with Crippen molar-refractivity contribution >= 4 is 18.1 Å². The van der Waals surface area contributed by atoms with Gasteiger partial charge in [0.2, 0.25) is 0 Å². The lowest BCUT2D eigenvalue weighted by molar-refractivity contribution is 0.0741. The van der Waals surface area contributed by atoms with Gasteiger partial charge in [-0.15, -0.1) is 12.4 Å². The number of hydrogen-bond acceptors (Lipinski definition) is 4. The summed E-state index contributed by atoms with van der Waals surface area (Å²) in [6.07, 6.45) is 0.897. The first-order valence-electron chi connectivity index (χ1n) is 7.12. The number of nitrogens with one attached hydrogen (secondary N) is 1. The minimum absolute atomic E-state index is 0. The van der Waals surface area contributed by atoms with Crippen LogP contribution in [0.15, 0.2) is 12.1 Å². The quantitative estimate of drug-likeness (QED) is 0.906. The van der Waals surface area contributed by atoms with Gasteiger partial charge in [-0.2, -0.15) is 0 Å². The van der Waals surface area contributed by atoms with Gasteiger partial charge in [0, 0.05) is 45.3 Å². The smallest absolute Gasteiger partial charge is 0.146 e. The van der Waals surface area contributed by atoms with E-state index in [4.69, 9.17) is 9.47 Å².